The van der Waals surface area contributed by atoms with Crippen LogP contribution in [-0.2, 0) is 17.9 Å². The van der Waals surface area contributed by atoms with Gasteiger partial charge in [0.15, 0.2) is 0 Å². The van der Waals surface area contributed by atoms with Gasteiger partial charge in [-0.05, 0) is 55.3 Å². The SMILES string of the molecule is CCN(CC)Cc1ccc(CNC(=O)CCOc2cc(C)ccc2C)cc1. The first-order valence-electron chi connectivity index (χ1n) is 9.78. The fourth-order valence-corrected chi connectivity index (χ4v) is 2.87. The molecule has 0 aliphatic carbocycles. The summed E-state index contributed by atoms with van der Waals surface area (Å²) in [6, 6.07) is 14.6. The van der Waals surface area contributed by atoms with Crippen molar-refractivity contribution in [2.24, 2.45) is 0 Å². The highest BCUT2D eigenvalue weighted by Gasteiger charge is 2.05. The molecule has 2 aromatic carbocycles. The lowest BCUT2D eigenvalue weighted by atomic mass is 10.1. The number of benzene rings is 2. The Kier molecular flexibility index (Phi) is 8.34. The van der Waals surface area contributed by atoms with E-state index in [9.17, 15) is 4.79 Å². The van der Waals surface area contributed by atoms with Crippen molar-refractivity contribution in [3.8, 4) is 5.75 Å². The van der Waals surface area contributed by atoms with Gasteiger partial charge in [-0.15, -0.1) is 0 Å². The number of hydrogen-bond acceptors (Lipinski definition) is 3. The van der Waals surface area contributed by atoms with Gasteiger partial charge in [0.05, 0.1) is 13.0 Å². The Morgan fingerprint density at radius 1 is 1.00 bits per heavy atom. The first-order chi connectivity index (χ1) is 13.0. The number of rotatable bonds is 10. The first-order valence-corrected chi connectivity index (χ1v) is 9.78. The van der Waals surface area contributed by atoms with Crippen LogP contribution in [0.5, 0.6) is 5.75 Å². The maximum Gasteiger partial charge on any atom is 0.223 e. The summed E-state index contributed by atoms with van der Waals surface area (Å²) in [6.45, 7) is 12.4. The third kappa shape index (κ3) is 7.06. The molecule has 2 aromatic rings. The third-order valence-electron chi connectivity index (χ3n) is 4.74. The first kappa shape index (κ1) is 21.0. The summed E-state index contributed by atoms with van der Waals surface area (Å²) in [4.78, 5) is 14.4. The Morgan fingerprint density at radius 2 is 1.67 bits per heavy atom. The predicted molar refractivity (Wildman–Crippen MR) is 111 cm³/mol. The van der Waals surface area contributed by atoms with E-state index in [0.717, 1.165) is 42.1 Å². The number of ether oxygens (including phenoxy) is 1. The molecule has 0 spiro atoms. The predicted octanol–water partition coefficient (Wildman–Crippen LogP) is 4.23. The van der Waals surface area contributed by atoms with Crippen molar-refractivity contribution in [2.45, 2.75) is 47.2 Å². The average molecular weight is 369 g/mol. The van der Waals surface area contributed by atoms with Crippen LogP contribution in [0.25, 0.3) is 0 Å². The van der Waals surface area contributed by atoms with E-state index in [1.807, 2.05) is 26.0 Å². The van der Waals surface area contributed by atoms with Crippen LogP contribution in [0.2, 0.25) is 0 Å². The highest BCUT2D eigenvalue weighted by molar-refractivity contribution is 5.76. The molecule has 1 N–H and O–H groups in total. The second-order valence-electron chi connectivity index (χ2n) is 6.92. The molecule has 0 aliphatic rings. The van der Waals surface area contributed by atoms with Crippen molar-refractivity contribution in [2.75, 3.05) is 19.7 Å². The van der Waals surface area contributed by atoms with E-state index in [1.165, 1.54) is 5.56 Å². The van der Waals surface area contributed by atoms with E-state index in [0.29, 0.717) is 19.6 Å². The monoisotopic (exact) mass is 368 g/mol. The van der Waals surface area contributed by atoms with Gasteiger partial charge in [-0.2, -0.15) is 0 Å². The fraction of sp³-hybridized carbons (Fsp3) is 0.435. The molecule has 0 aromatic heterocycles. The highest BCUT2D eigenvalue weighted by atomic mass is 16.5. The van der Waals surface area contributed by atoms with E-state index in [1.54, 1.807) is 0 Å². The molecule has 1 amide bonds. The number of amides is 1. The zero-order chi connectivity index (χ0) is 19.6. The molecule has 27 heavy (non-hydrogen) atoms. The van der Waals surface area contributed by atoms with Crippen molar-refractivity contribution < 1.29 is 9.53 Å². The van der Waals surface area contributed by atoms with Gasteiger partial charge < -0.3 is 10.1 Å². The number of hydrogen-bond donors (Lipinski definition) is 1. The van der Waals surface area contributed by atoms with Gasteiger partial charge >= 0.3 is 0 Å². The molecule has 0 unspecified atom stereocenters. The quantitative estimate of drug-likeness (QED) is 0.682. The lowest BCUT2D eigenvalue weighted by molar-refractivity contribution is -0.121. The van der Waals surface area contributed by atoms with Crippen LogP contribution in [-0.4, -0.2) is 30.5 Å². The Balaban J connectivity index is 1.73. The van der Waals surface area contributed by atoms with Crippen LogP contribution in [0.4, 0.5) is 0 Å². The number of nitrogens with zero attached hydrogens (tertiary/aromatic N) is 1. The average Bonchev–Trinajstić information content (AvgIpc) is 2.68. The molecule has 0 bridgehead atoms. The van der Waals surface area contributed by atoms with E-state index in [-0.39, 0.29) is 5.91 Å². The van der Waals surface area contributed by atoms with E-state index in [4.69, 9.17) is 4.74 Å². The molecule has 0 atom stereocenters. The van der Waals surface area contributed by atoms with Gasteiger partial charge in [-0.25, -0.2) is 0 Å². The van der Waals surface area contributed by atoms with Gasteiger partial charge in [0.1, 0.15) is 5.75 Å². The molecular formula is C23H32N2O2. The van der Waals surface area contributed by atoms with E-state index in [2.05, 4.69) is 54.4 Å². The lowest BCUT2D eigenvalue weighted by Gasteiger charge is -2.18. The highest BCUT2D eigenvalue weighted by Crippen LogP contribution is 2.19. The van der Waals surface area contributed by atoms with Gasteiger partial charge in [0.25, 0.3) is 0 Å². The maximum absolute atomic E-state index is 12.1. The number of aryl methyl sites for hydroxylation is 2. The van der Waals surface area contributed by atoms with Crippen molar-refractivity contribution >= 4 is 5.91 Å². The molecule has 146 valence electrons. The number of nitrogens with one attached hydrogen (secondary N) is 1. The molecule has 0 heterocycles. The van der Waals surface area contributed by atoms with Crippen molar-refractivity contribution in [1.82, 2.24) is 10.2 Å². The normalized spacial score (nSPS) is 10.9. The van der Waals surface area contributed by atoms with Gasteiger partial charge in [0.2, 0.25) is 5.91 Å². The van der Waals surface area contributed by atoms with Crippen LogP contribution in [0.1, 0.15) is 42.5 Å². The van der Waals surface area contributed by atoms with Crippen molar-refractivity contribution in [3.63, 3.8) is 0 Å². The van der Waals surface area contributed by atoms with E-state index >= 15 is 0 Å². The molecule has 0 saturated carbocycles. The summed E-state index contributed by atoms with van der Waals surface area (Å²) < 4.78 is 5.75. The largest absolute Gasteiger partial charge is 0.493 e. The molecule has 2 rings (SSSR count). The Hall–Kier alpha value is -2.33. The second kappa shape index (κ2) is 10.7. The van der Waals surface area contributed by atoms with Crippen LogP contribution in [0.15, 0.2) is 42.5 Å². The Labute approximate surface area is 163 Å². The smallest absolute Gasteiger partial charge is 0.223 e. The Morgan fingerprint density at radius 3 is 2.33 bits per heavy atom. The van der Waals surface area contributed by atoms with Gasteiger partial charge in [-0.3, -0.25) is 9.69 Å². The minimum atomic E-state index is 0.00697. The summed E-state index contributed by atoms with van der Waals surface area (Å²) in [5.74, 6) is 0.860. The van der Waals surface area contributed by atoms with Crippen molar-refractivity contribution in [3.05, 3.63) is 64.7 Å². The maximum atomic E-state index is 12.1. The van der Waals surface area contributed by atoms with Crippen molar-refractivity contribution in [1.29, 1.82) is 0 Å². The zero-order valence-electron chi connectivity index (χ0n) is 17.0. The third-order valence-corrected chi connectivity index (χ3v) is 4.74. The molecule has 4 heteroatoms. The molecule has 4 nitrogen and oxygen atoms in total. The molecule has 0 saturated heterocycles. The number of carbonyl (C=O) groups excluding carboxylic acids is 1. The fourth-order valence-electron chi connectivity index (χ4n) is 2.87. The van der Waals surface area contributed by atoms with Crippen LogP contribution < -0.4 is 10.1 Å². The minimum Gasteiger partial charge on any atom is -0.493 e. The standard InChI is InChI=1S/C23H32N2O2/c1-5-25(6-2)17-21-11-9-20(10-12-21)16-24-23(26)13-14-27-22-15-18(3)7-8-19(22)4/h7-12,15H,5-6,13-14,16-17H2,1-4H3,(H,24,26). The summed E-state index contributed by atoms with van der Waals surface area (Å²) in [6.07, 6.45) is 0.355. The summed E-state index contributed by atoms with van der Waals surface area (Å²) in [5.41, 5.74) is 4.66. The van der Waals surface area contributed by atoms with Crippen LogP contribution in [0.3, 0.4) is 0 Å². The second-order valence-corrected chi connectivity index (χ2v) is 6.92. The summed E-state index contributed by atoms with van der Waals surface area (Å²) >= 11 is 0. The molecule has 0 radical (unpaired) electrons. The summed E-state index contributed by atoms with van der Waals surface area (Å²) in [5, 5.41) is 2.96. The van der Waals surface area contributed by atoms with Crippen LogP contribution in [0, 0.1) is 13.8 Å². The topological polar surface area (TPSA) is 41.6 Å². The number of carbonyl (C=O) groups is 1. The zero-order valence-corrected chi connectivity index (χ0v) is 17.0. The van der Waals surface area contributed by atoms with Gasteiger partial charge in [0, 0.05) is 13.1 Å². The van der Waals surface area contributed by atoms with E-state index < -0.39 is 0 Å². The van der Waals surface area contributed by atoms with Crippen LogP contribution >= 0.6 is 0 Å². The molecule has 0 fully saturated rings. The molecule has 0 aliphatic heterocycles. The lowest BCUT2D eigenvalue weighted by Crippen LogP contribution is -2.24. The Bertz CT molecular complexity index is 722. The molecular weight excluding hydrogens is 336 g/mol. The van der Waals surface area contributed by atoms with Gasteiger partial charge in [-0.1, -0.05) is 50.2 Å². The summed E-state index contributed by atoms with van der Waals surface area (Å²) in [7, 11) is 0. The minimum absolute atomic E-state index is 0.00697.